The van der Waals surface area contributed by atoms with Crippen LogP contribution in [-0.4, -0.2) is 35.1 Å². The topological polar surface area (TPSA) is 67.0 Å². The van der Waals surface area contributed by atoms with E-state index in [9.17, 15) is 4.79 Å². The Morgan fingerprint density at radius 1 is 1.65 bits per heavy atom. The van der Waals surface area contributed by atoms with E-state index >= 15 is 0 Å². The number of imidazole rings is 1. The molecule has 1 aliphatic rings. The van der Waals surface area contributed by atoms with Gasteiger partial charge in [0.2, 0.25) is 5.91 Å². The van der Waals surface area contributed by atoms with Gasteiger partial charge in [0.1, 0.15) is 0 Å². The number of aromatic nitrogens is 2. The smallest absolute Gasteiger partial charge is 0.220 e. The number of rotatable bonds is 6. The van der Waals surface area contributed by atoms with Gasteiger partial charge in [-0.2, -0.15) is 0 Å². The molecule has 0 bridgehead atoms. The number of amides is 1. The van der Waals surface area contributed by atoms with Gasteiger partial charge in [0, 0.05) is 37.9 Å². The lowest BCUT2D eigenvalue weighted by Crippen LogP contribution is -2.26. The van der Waals surface area contributed by atoms with E-state index in [2.05, 4.69) is 15.3 Å². The lowest BCUT2D eigenvalue weighted by Gasteiger charge is -2.08. The zero-order chi connectivity index (χ0) is 11.9. The Morgan fingerprint density at radius 2 is 2.59 bits per heavy atom. The van der Waals surface area contributed by atoms with E-state index in [4.69, 9.17) is 4.74 Å². The van der Waals surface area contributed by atoms with E-state index in [-0.39, 0.29) is 5.91 Å². The molecule has 0 aromatic carbocycles. The summed E-state index contributed by atoms with van der Waals surface area (Å²) in [4.78, 5) is 18.5. The highest BCUT2D eigenvalue weighted by atomic mass is 16.5. The maximum atomic E-state index is 11.5. The minimum Gasteiger partial charge on any atom is -0.378 e. The fourth-order valence-corrected chi connectivity index (χ4v) is 2.01. The van der Waals surface area contributed by atoms with Gasteiger partial charge in [-0.25, -0.2) is 4.98 Å². The number of hydrogen-bond acceptors (Lipinski definition) is 3. The van der Waals surface area contributed by atoms with E-state index in [1.54, 1.807) is 12.5 Å². The van der Waals surface area contributed by atoms with Crippen molar-refractivity contribution in [3.63, 3.8) is 0 Å². The summed E-state index contributed by atoms with van der Waals surface area (Å²) in [5, 5.41) is 2.90. The number of carbonyl (C=O) groups is 1. The number of nitrogens with zero attached hydrogens (tertiary/aromatic N) is 1. The van der Waals surface area contributed by atoms with Gasteiger partial charge >= 0.3 is 0 Å². The minimum atomic E-state index is 0.111. The molecule has 0 aliphatic carbocycles. The molecule has 1 fully saturated rings. The summed E-state index contributed by atoms with van der Waals surface area (Å²) in [7, 11) is 0. The van der Waals surface area contributed by atoms with Gasteiger partial charge < -0.3 is 15.0 Å². The Bertz CT molecular complexity index is 332. The molecule has 1 aromatic rings. The van der Waals surface area contributed by atoms with Crippen LogP contribution in [0.5, 0.6) is 0 Å². The Labute approximate surface area is 101 Å². The first kappa shape index (κ1) is 12.1. The number of H-pyrrole nitrogens is 1. The van der Waals surface area contributed by atoms with E-state index < -0.39 is 0 Å². The molecule has 94 valence electrons. The third-order valence-electron chi connectivity index (χ3n) is 2.99. The molecule has 17 heavy (non-hydrogen) atoms. The van der Waals surface area contributed by atoms with Crippen LogP contribution in [0.4, 0.5) is 0 Å². The Hall–Kier alpha value is -1.36. The highest BCUT2D eigenvalue weighted by molar-refractivity contribution is 5.75. The van der Waals surface area contributed by atoms with Crippen LogP contribution in [-0.2, 0) is 16.0 Å². The molecule has 0 spiro atoms. The molecular formula is C12H19N3O2. The zero-order valence-corrected chi connectivity index (χ0v) is 9.95. The molecule has 1 saturated heterocycles. The van der Waals surface area contributed by atoms with Crippen molar-refractivity contribution < 1.29 is 9.53 Å². The van der Waals surface area contributed by atoms with E-state index in [1.807, 2.05) is 0 Å². The number of ether oxygens (including phenoxy) is 1. The zero-order valence-electron chi connectivity index (χ0n) is 9.95. The van der Waals surface area contributed by atoms with Crippen LogP contribution in [0.15, 0.2) is 12.5 Å². The number of hydrogen-bond donors (Lipinski definition) is 2. The lowest BCUT2D eigenvalue weighted by molar-refractivity contribution is -0.121. The summed E-state index contributed by atoms with van der Waals surface area (Å²) >= 11 is 0. The highest BCUT2D eigenvalue weighted by Gasteiger charge is 2.16. The standard InChI is InChI=1S/C12H19N3O2/c16-12(4-3-11-2-1-7-17-11)14-6-5-10-8-13-9-15-10/h8-9,11H,1-7H2,(H,13,15)(H,14,16). The van der Waals surface area contributed by atoms with Crippen LogP contribution in [0.25, 0.3) is 0 Å². The molecule has 1 atom stereocenters. The molecule has 1 aromatic heterocycles. The lowest BCUT2D eigenvalue weighted by atomic mass is 10.1. The first-order valence-electron chi connectivity index (χ1n) is 6.20. The van der Waals surface area contributed by atoms with Crippen molar-refractivity contribution >= 4 is 5.91 Å². The van der Waals surface area contributed by atoms with Gasteiger partial charge in [-0.15, -0.1) is 0 Å². The van der Waals surface area contributed by atoms with E-state index in [0.29, 0.717) is 19.1 Å². The van der Waals surface area contributed by atoms with Crippen LogP contribution in [0.2, 0.25) is 0 Å². The number of aromatic amines is 1. The molecule has 1 aliphatic heterocycles. The SMILES string of the molecule is O=C(CCC1CCCO1)NCCc1cnc[nH]1. The van der Waals surface area contributed by atoms with E-state index in [1.165, 1.54) is 0 Å². The Morgan fingerprint density at radius 3 is 3.29 bits per heavy atom. The predicted octanol–water partition coefficient (Wildman–Crippen LogP) is 1.03. The van der Waals surface area contributed by atoms with Gasteiger partial charge in [0.05, 0.1) is 12.4 Å². The second kappa shape index (κ2) is 6.39. The fraction of sp³-hybridized carbons (Fsp3) is 0.667. The normalized spacial score (nSPS) is 19.4. The fourth-order valence-electron chi connectivity index (χ4n) is 2.01. The highest BCUT2D eigenvalue weighted by Crippen LogP contribution is 2.16. The maximum absolute atomic E-state index is 11.5. The molecule has 0 radical (unpaired) electrons. The van der Waals surface area contributed by atoms with Gasteiger partial charge in [0.15, 0.2) is 0 Å². The van der Waals surface area contributed by atoms with Crippen LogP contribution < -0.4 is 5.32 Å². The molecule has 1 unspecified atom stereocenters. The van der Waals surface area contributed by atoms with Crippen molar-refractivity contribution in [3.8, 4) is 0 Å². The van der Waals surface area contributed by atoms with Crippen LogP contribution >= 0.6 is 0 Å². The average molecular weight is 237 g/mol. The Balaban J connectivity index is 1.54. The van der Waals surface area contributed by atoms with Gasteiger partial charge in [0.25, 0.3) is 0 Å². The van der Waals surface area contributed by atoms with Crippen molar-refractivity contribution in [2.24, 2.45) is 0 Å². The summed E-state index contributed by atoms with van der Waals surface area (Å²) in [6.07, 6.45) is 8.16. The number of nitrogens with one attached hydrogen (secondary N) is 2. The van der Waals surface area contributed by atoms with Gasteiger partial charge in [-0.1, -0.05) is 0 Å². The minimum absolute atomic E-state index is 0.111. The van der Waals surface area contributed by atoms with E-state index in [0.717, 1.165) is 38.0 Å². The van der Waals surface area contributed by atoms with Crippen LogP contribution in [0.1, 0.15) is 31.4 Å². The third-order valence-corrected chi connectivity index (χ3v) is 2.99. The summed E-state index contributed by atoms with van der Waals surface area (Å²) < 4.78 is 5.47. The second-order valence-corrected chi connectivity index (χ2v) is 4.35. The molecular weight excluding hydrogens is 218 g/mol. The summed E-state index contributed by atoms with van der Waals surface area (Å²) in [5.41, 5.74) is 1.05. The van der Waals surface area contributed by atoms with Gasteiger partial charge in [-0.05, 0) is 19.3 Å². The van der Waals surface area contributed by atoms with Crippen molar-refractivity contribution in [3.05, 3.63) is 18.2 Å². The third kappa shape index (κ3) is 4.19. The largest absolute Gasteiger partial charge is 0.378 e. The summed E-state index contributed by atoms with van der Waals surface area (Å²) in [5.74, 6) is 0.111. The quantitative estimate of drug-likeness (QED) is 0.776. The summed E-state index contributed by atoms with van der Waals surface area (Å²) in [6, 6.07) is 0. The van der Waals surface area contributed by atoms with Gasteiger partial charge in [-0.3, -0.25) is 4.79 Å². The first-order valence-corrected chi connectivity index (χ1v) is 6.20. The van der Waals surface area contributed by atoms with Crippen LogP contribution in [0, 0.1) is 0 Å². The first-order chi connectivity index (χ1) is 8.34. The maximum Gasteiger partial charge on any atom is 0.220 e. The molecule has 2 rings (SSSR count). The molecule has 1 amide bonds. The van der Waals surface area contributed by atoms with Crippen molar-refractivity contribution in [1.29, 1.82) is 0 Å². The Kier molecular flexibility index (Phi) is 4.55. The summed E-state index contributed by atoms with van der Waals surface area (Å²) in [6.45, 7) is 1.51. The van der Waals surface area contributed by atoms with Crippen molar-refractivity contribution in [2.45, 2.75) is 38.2 Å². The second-order valence-electron chi connectivity index (χ2n) is 4.35. The molecule has 2 heterocycles. The molecule has 0 saturated carbocycles. The molecule has 5 nitrogen and oxygen atoms in total. The number of carbonyl (C=O) groups excluding carboxylic acids is 1. The monoisotopic (exact) mass is 237 g/mol. The predicted molar refractivity (Wildman–Crippen MR) is 63.5 cm³/mol. The molecule has 2 N–H and O–H groups in total. The van der Waals surface area contributed by atoms with Crippen molar-refractivity contribution in [2.75, 3.05) is 13.2 Å². The molecule has 5 heteroatoms. The van der Waals surface area contributed by atoms with Crippen molar-refractivity contribution in [1.82, 2.24) is 15.3 Å². The van der Waals surface area contributed by atoms with Crippen LogP contribution in [0.3, 0.4) is 0 Å². The average Bonchev–Trinajstić information content (AvgIpc) is 2.99.